The third-order valence-corrected chi connectivity index (χ3v) is 3.67. The zero-order valence-corrected chi connectivity index (χ0v) is 13.5. The average molecular weight is 392 g/mol. The van der Waals surface area contributed by atoms with E-state index in [0.717, 1.165) is 0 Å². The minimum Gasteiger partial charge on any atom is -0.480 e. The number of hydrogen-bond acceptors (Lipinski definition) is 2. The summed E-state index contributed by atoms with van der Waals surface area (Å²) in [4.78, 5) is 23.0. The number of amides is 1. The lowest BCUT2D eigenvalue weighted by atomic mass is 10.3. The smallest absolute Gasteiger partial charge is 0.323 e. The zero-order valence-electron chi connectivity index (χ0n) is 10.4. The highest BCUT2D eigenvalue weighted by Gasteiger charge is 2.16. The van der Waals surface area contributed by atoms with Gasteiger partial charge in [0.05, 0.1) is 15.7 Å². The fourth-order valence-corrected chi connectivity index (χ4v) is 3.05. The van der Waals surface area contributed by atoms with Crippen LogP contribution in [0.25, 0.3) is 0 Å². The summed E-state index contributed by atoms with van der Waals surface area (Å²) < 4.78 is 2.00. The number of carboxylic acids is 1. The van der Waals surface area contributed by atoms with Crippen LogP contribution in [0.3, 0.4) is 0 Å². The molecule has 0 saturated heterocycles. The van der Waals surface area contributed by atoms with E-state index in [4.69, 9.17) is 28.3 Å². The molecular formula is C13H9BrCl2N2O3. The SMILES string of the molecule is O=C(O)Cn1cccc1C(=O)Nc1c(Cl)cc(Br)cc1Cl. The molecule has 110 valence electrons. The molecule has 0 saturated carbocycles. The summed E-state index contributed by atoms with van der Waals surface area (Å²) >= 11 is 15.3. The summed E-state index contributed by atoms with van der Waals surface area (Å²) in [5, 5.41) is 11.9. The first-order valence-electron chi connectivity index (χ1n) is 5.71. The monoisotopic (exact) mass is 390 g/mol. The van der Waals surface area contributed by atoms with Crippen molar-refractivity contribution in [1.29, 1.82) is 0 Å². The van der Waals surface area contributed by atoms with Crippen LogP contribution in [0.5, 0.6) is 0 Å². The van der Waals surface area contributed by atoms with Gasteiger partial charge in [0.25, 0.3) is 5.91 Å². The van der Waals surface area contributed by atoms with E-state index in [-0.39, 0.29) is 28.0 Å². The highest BCUT2D eigenvalue weighted by molar-refractivity contribution is 9.10. The molecule has 2 rings (SSSR count). The van der Waals surface area contributed by atoms with Crippen molar-refractivity contribution in [1.82, 2.24) is 4.57 Å². The number of rotatable bonds is 4. The molecule has 1 aromatic carbocycles. The molecule has 0 spiro atoms. The third-order valence-electron chi connectivity index (χ3n) is 2.61. The molecule has 2 N–H and O–H groups in total. The van der Waals surface area contributed by atoms with Crippen LogP contribution in [0.15, 0.2) is 34.9 Å². The quantitative estimate of drug-likeness (QED) is 0.830. The first-order chi connectivity index (χ1) is 9.88. The Kier molecular flexibility index (Phi) is 4.92. The Balaban J connectivity index is 2.27. The molecule has 0 bridgehead atoms. The molecule has 0 fully saturated rings. The lowest BCUT2D eigenvalue weighted by Crippen LogP contribution is -2.19. The number of nitrogens with one attached hydrogen (secondary N) is 1. The first kappa shape index (κ1) is 15.9. The van der Waals surface area contributed by atoms with E-state index in [1.165, 1.54) is 16.8 Å². The van der Waals surface area contributed by atoms with Crippen molar-refractivity contribution in [3.8, 4) is 0 Å². The van der Waals surface area contributed by atoms with Gasteiger partial charge in [-0.2, -0.15) is 0 Å². The van der Waals surface area contributed by atoms with Crippen LogP contribution in [-0.2, 0) is 11.3 Å². The largest absolute Gasteiger partial charge is 0.480 e. The number of carbonyl (C=O) groups is 2. The number of nitrogens with zero attached hydrogens (tertiary/aromatic N) is 1. The van der Waals surface area contributed by atoms with Gasteiger partial charge >= 0.3 is 5.97 Å². The predicted molar refractivity (Wildman–Crippen MR) is 84.2 cm³/mol. The first-order valence-corrected chi connectivity index (χ1v) is 7.26. The average Bonchev–Trinajstić information content (AvgIpc) is 2.80. The van der Waals surface area contributed by atoms with Gasteiger partial charge in [0.1, 0.15) is 12.2 Å². The number of anilines is 1. The fourth-order valence-electron chi connectivity index (χ4n) is 1.74. The van der Waals surface area contributed by atoms with Gasteiger partial charge in [0.15, 0.2) is 0 Å². The molecule has 1 amide bonds. The van der Waals surface area contributed by atoms with Gasteiger partial charge in [-0.3, -0.25) is 9.59 Å². The normalized spacial score (nSPS) is 10.4. The molecule has 0 unspecified atom stereocenters. The van der Waals surface area contributed by atoms with E-state index in [1.807, 2.05) is 0 Å². The highest BCUT2D eigenvalue weighted by atomic mass is 79.9. The van der Waals surface area contributed by atoms with E-state index in [2.05, 4.69) is 21.2 Å². The van der Waals surface area contributed by atoms with E-state index in [0.29, 0.717) is 4.47 Å². The summed E-state index contributed by atoms with van der Waals surface area (Å²) in [7, 11) is 0. The number of halogens is 3. The molecule has 2 aromatic rings. The second kappa shape index (κ2) is 6.51. The maximum atomic E-state index is 12.2. The van der Waals surface area contributed by atoms with Crippen LogP contribution in [0, 0.1) is 0 Å². The molecule has 0 atom stereocenters. The Bertz CT molecular complexity index is 692. The van der Waals surface area contributed by atoms with E-state index < -0.39 is 11.9 Å². The molecule has 0 radical (unpaired) electrons. The number of hydrogen-bond donors (Lipinski definition) is 2. The van der Waals surface area contributed by atoms with E-state index >= 15 is 0 Å². The molecule has 0 aliphatic heterocycles. The second-order valence-electron chi connectivity index (χ2n) is 4.11. The number of aliphatic carboxylic acids is 1. The Morgan fingerprint density at radius 2 is 1.90 bits per heavy atom. The number of benzene rings is 1. The molecule has 1 aromatic heterocycles. The van der Waals surface area contributed by atoms with Crippen molar-refractivity contribution in [2.75, 3.05) is 5.32 Å². The minimum atomic E-state index is -1.04. The summed E-state index contributed by atoms with van der Waals surface area (Å²) in [6.45, 7) is -0.308. The molecule has 21 heavy (non-hydrogen) atoms. The molecule has 5 nitrogen and oxygen atoms in total. The van der Waals surface area contributed by atoms with Crippen LogP contribution in [-0.4, -0.2) is 21.6 Å². The topological polar surface area (TPSA) is 71.3 Å². The standard InChI is InChI=1S/C13H9BrCl2N2O3/c14-7-4-8(15)12(9(16)5-7)17-13(21)10-2-1-3-18(10)6-11(19)20/h1-5H,6H2,(H,17,21)(H,19,20). The summed E-state index contributed by atoms with van der Waals surface area (Å²) in [5.74, 6) is -1.53. The molecule has 0 aliphatic carbocycles. The highest BCUT2D eigenvalue weighted by Crippen LogP contribution is 2.34. The maximum Gasteiger partial charge on any atom is 0.323 e. The van der Waals surface area contributed by atoms with Crippen molar-refractivity contribution in [3.63, 3.8) is 0 Å². The zero-order chi connectivity index (χ0) is 15.6. The lowest BCUT2D eigenvalue weighted by Gasteiger charge is -2.11. The minimum absolute atomic E-state index is 0.201. The van der Waals surface area contributed by atoms with Gasteiger partial charge in [-0.25, -0.2) is 0 Å². The number of carboxylic acid groups (broad SMARTS) is 1. The van der Waals surface area contributed by atoms with Gasteiger partial charge in [-0.05, 0) is 24.3 Å². The summed E-state index contributed by atoms with van der Waals surface area (Å²) in [6, 6.07) is 6.29. The van der Waals surface area contributed by atoms with Crippen molar-refractivity contribution in [2.24, 2.45) is 0 Å². The Labute approximate surface area is 138 Å². The van der Waals surface area contributed by atoms with Crippen molar-refractivity contribution in [3.05, 3.63) is 50.7 Å². The predicted octanol–water partition coefficient (Wildman–Crippen LogP) is 3.89. The van der Waals surface area contributed by atoms with Crippen molar-refractivity contribution < 1.29 is 14.7 Å². The Hall–Kier alpha value is -1.50. The van der Waals surface area contributed by atoms with Gasteiger partial charge in [0, 0.05) is 10.7 Å². The fraction of sp³-hybridized carbons (Fsp3) is 0.0769. The van der Waals surface area contributed by atoms with E-state index in [1.54, 1.807) is 18.2 Å². The van der Waals surface area contributed by atoms with Crippen LogP contribution in [0.1, 0.15) is 10.5 Å². The lowest BCUT2D eigenvalue weighted by molar-refractivity contribution is -0.137. The van der Waals surface area contributed by atoms with Gasteiger partial charge in [-0.15, -0.1) is 0 Å². The van der Waals surface area contributed by atoms with Gasteiger partial charge in [-0.1, -0.05) is 39.1 Å². The number of aromatic nitrogens is 1. The summed E-state index contributed by atoms with van der Waals surface area (Å²) in [6.07, 6.45) is 1.51. The molecule has 1 heterocycles. The molecular weight excluding hydrogens is 383 g/mol. The Morgan fingerprint density at radius 1 is 1.29 bits per heavy atom. The second-order valence-corrected chi connectivity index (χ2v) is 5.84. The van der Waals surface area contributed by atoms with Crippen LogP contribution in [0.2, 0.25) is 10.0 Å². The summed E-state index contributed by atoms with van der Waals surface area (Å²) in [5.41, 5.74) is 0.474. The number of carbonyl (C=O) groups excluding carboxylic acids is 1. The van der Waals surface area contributed by atoms with E-state index in [9.17, 15) is 9.59 Å². The van der Waals surface area contributed by atoms with Gasteiger partial charge in [0.2, 0.25) is 0 Å². The van der Waals surface area contributed by atoms with Gasteiger partial charge < -0.3 is 15.0 Å². The van der Waals surface area contributed by atoms with Crippen molar-refractivity contribution in [2.45, 2.75) is 6.54 Å². The van der Waals surface area contributed by atoms with Crippen LogP contribution in [0.4, 0.5) is 5.69 Å². The Morgan fingerprint density at radius 3 is 2.48 bits per heavy atom. The molecule has 8 heteroatoms. The van der Waals surface area contributed by atoms with Crippen LogP contribution < -0.4 is 5.32 Å². The van der Waals surface area contributed by atoms with Crippen molar-refractivity contribution >= 4 is 56.7 Å². The van der Waals surface area contributed by atoms with Crippen LogP contribution >= 0.6 is 39.1 Å². The maximum absolute atomic E-state index is 12.2. The molecule has 0 aliphatic rings. The third kappa shape index (κ3) is 3.78.